The average Bonchev–Trinajstić information content (AvgIpc) is 2.92. The number of para-hydroxylation sites is 2. The van der Waals surface area contributed by atoms with Crippen molar-refractivity contribution in [2.24, 2.45) is 0 Å². The minimum atomic E-state index is -0.906. The lowest BCUT2D eigenvalue weighted by atomic mass is 9.80. The second-order valence-corrected chi connectivity index (χ2v) is 9.37. The van der Waals surface area contributed by atoms with Crippen LogP contribution >= 0.6 is 12.4 Å². The molecule has 0 fully saturated rings. The first-order valence-corrected chi connectivity index (χ1v) is 12.4. The van der Waals surface area contributed by atoms with Gasteiger partial charge in [-0.05, 0) is 38.6 Å². The molecule has 0 unspecified atom stereocenters. The number of nitro benzene ring substituents is 1. The number of likely N-dealkylation sites (N-methyl/N-ethyl adjacent to an activating group) is 1. The number of carbonyl (C=O) groups is 2. The van der Waals surface area contributed by atoms with E-state index in [9.17, 15) is 19.7 Å². The molecule has 2 aliphatic heterocycles. The van der Waals surface area contributed by atoms with Crippen LogP contribution in [0.25, 0.3) is 0 Å². The van der Waals surface area contributed by atoms with Gasteiger partial charge in [-0.3, -0.25) is 15.0 Å². The maximum Gasteiger partial charge on any atom is 0.336 e. The summed E-state index contributed by atoms with van der Waals surface area (Å²) in [5.41, 5.74) is 1.59. The van der Waals surface area contributed by atoms with E-state index in [1.54, 1.807) is 19.9 Å². The molecule has 0 aromatic heterocycles. The smallest absolute Gasteiger partial charge is 0.336 e. The number of nitrogens with zero attached hydrogens (tertiary/aromatic N) is 2. The van der Waals surface area contributed by atoms with Crippen LogP contribution < -0.4 is 14.8 Å². The van der Waals surface area contributed by atoms with E-state index in [1.807, 2.05) is 36.2 Å². The number of ether oxygens (including phenoxy) is 4. The summed E-state index contributed by atoms with van der Waals surface area (Å²) in [6.45, 7) is 4.85. The quantitative estimate of drug-likeness (QED) is 0.269. The molecule has 4 rings (SSSR count). The number of methoxy groups -OCH3 is 1. The number of benzene rings is 2. The number of dihydropyridines is 1. The third-order valence-corrected chi connectivity index (χ3v) is 6.59. The summed E-state index contributed by atoms with van der Waals surface area (Å²) in [5, 5.41) is 14.5. The highest BCUT2D eigenvalue weighted by molar-refractivity contribution is 5.99. The molecule has 40 heavy (non-hydrogen) atoms. The van der Waals surface area contributed by atoms with Crippen LogP contribution in [-0.2, 0) is 19.1 Å². The molecule has 0 amide bonds. The first kappa shape index (κ1) is 30.5. The second kappa shape index (κ2) is 13.3. The van der Waals surface area contributed by atoms with E-state index in [2.05, 4.69) is 5.32 Å². The number of carbonyl (C=O) groups excluding carboxylic acids is 2. The molecule has 2 atom stereocenters. The third-order valence-electron chi connectivity index (χ3n) is 6.59. The van der Waals surface area contributed by atoms with Crippen molar-refractivity contribution in [3.05, 3.63) is 86.7 Å². The van der Waals surface area contributed by atoms with Crippen LogP contribution in [0, 0.1) is 10.1 Å². The number of nitrogens with one attached hydrogen (secondary N) is 1. The fourth-order valence-electron chi connectivity index (χ4n) is 4.76. The van der Waals surface area contributed by atoms with E-state index >= 15 is 0 Å². The van der Waals surface area contributed by atoms with E-state index in [-0.39, 0.29) is 42.0 Å². The molecule has 0 saturated carbocycles. The van der Waals surface area contributed by atoms with Crippen molar-refractivity contribution >= 4 is 30.0 Å². The predicted molar refractivity (Wildman–Crippen MR) is 148 cm³/mol. The maximum absolute atomic E-state index is 13.4. The molecule has 2 heterocycles. The Labute approximate surface area is 238 Å². The average molecular weight is 574 g/mol. The molecule has 12 heteroatoms. The van der Waals surface area contributed by atoms with E-state index in [1.165, 1.54) is 25.3 Å². The number of allylic oxidation sites excluding steroid dienone is 2. The lowest BCUT2D eigenvalue weighted by Crippen LogP contribution is -2.40. The fraction of sp³-hybridized carbons (Fsp3) is 0.357. The number of non-ortho nitro benzene ring substituents is 1. The Morgan fingerprint density at radius 3 is 2.42 bits per heavy atom. The van der Waals surface area contributed by atoms with Gasteiger partial charge in [0.25, 0.3) is 5.69 Å². The minimum absolute atomic E-state index is 0. The van der Waals surface area contributed by atoms with Crippen molar-refractivity contribution in [1.29, 1.82) is 0 Å². The Kier molecular flexibility index (Phi) is 10.1. The van der Waals surface area contributed by atoms with Crippen LogP contribution in [0.15, 0.2) is 71.1 Å². The summed E-state index contributed by atoms with van der Waals surface area (Å²) in [7, 11) is 3.13. The number of hydrogen-bond acceptors (Lipinski definition) is 10. The van der Waals surface area contributed by atoms with E-state index in [4.69, 9.17) is 18.9 Å². The SMILES string of the molecule is COC(=O)C1=C(C)NC(C)=C(C(=O)OCCN(C)C[C@@H]2COc3ccccc3O2)[C@H]1c1cccc([N+](=O)[O-])c1.Cl. The van der Waals surface area contributed by atoms with Crippen molar-refractivity contribution in [2.45, 2.75) is 25.9 Å². The third kappa shape index (κ3) is 6.72. The van der Waals surface area contributed by atoms with Gasteiger partial charge in [0.05, 0.1) is 29.1 Å². The van der Waals surface area contributed by atoms with Gasteiger partial charge in [-0.1, -0.05) is 24.3 Å². The van der Waals surface area contributed by atoms with Gasteiger partial charge >= 0.3 is 11.9 Å². The summed E-state index contributed by atoms with van der Waals surface area (Å²) >= 11 is 0. The maximum atomic E-state index is 13.4. The van der Waals surface area contributed by atoms with E-state index in [0.29, 0.717) is 48.2 Å². The molecule has 2 aliphatic rings. The van der Waals surface area contributed by atoms with Crippen molar-refractivity contribution in [3.8, 4) is 11.5 Å². The Hall–Kier alpha value is -4.09. The van der Waals surface area contributed by atoms with Gasteiger partial charge in [0.1, 0.15) is 19.3 Å². The summed E-state index contributed by atoms with van der Waals surface area (Å²) in [6, 6.07) is 13.3. The lowest BCUT2D eigenvalue weighted by molar-refractivity contribution is -0.384. The summed E-state index contributed by atoms with van der Waals surface area (Å²) in [5.74, 6) is -0.784. The minimum Gasteiger partial charge on any atom is -0.486 e. The van der Waals surface area contributed by atoms with E-state index in [0.717, 1.165) is 0 Å². The Morgan fingerprint density at radius 2 is 1.75 bits per heavy atom. The van der Waals surface area contributed by atoms with Gasteiger partial charge in [-0.25, -0.2) is 9.59 Å². The number of fused-ring (bicyclic) bond motifs is 1. The number of rotatable bonds is 9. The molecule has 214 valence electrons. The second-order valence-electron chi connectivity index (χ2n) is 9.37. The lowest BCUT2D eigenvalue weighted by Gasteiger charge is -2.31. The highest BCUT2D eigenvalue weighted by Crippen LogP contribution is 2.40. The molecule has 0 radical (unpaired) electrons. The van der Waals surface area contributed by atoms with Gasteiger partial charge in [-0.2, -0.15) is 0 Å². The standard InChI is InChI=1S/C28H31N3O8.ClH/c1-17-24(27(32)36-4)26(19-8-7-9-20(14-19)31(34)35)25(18(2)29-17)28(33)37-13-12-30(3)15-21-16-38-22-10-5-6-11-23(22)39-21;/h5-11,14,21,26,29H,12-13,15-16H2,1-4H3;1H/t21-,26+;/m1./s1. The van der Waals surface area contributed by atoms with E-state index < -0.39 is 22.8 Å². The zero-order chi connectivity index (χ0) is 28.1. The van der Waals surface area contributed by atoms with Gasteiger partial charge in [-0.15, -0.1) is 12.4 Å². The summed E-state index contributed by atoms with van der Waals surface area (Å²) in [6.07, 6.45) is -0.179. The number of halogens is 1. The highest BCUT2D eigenvalue weighted by atomic mass is 35.5. The topological polar surface area (TPSA) is 129 Å². The Bertz CT molecular complexity index is 1340. The Balaban J connectivity index is 0.00000441. The van der Waals surface area contributed by atoms with Crippen molar-refractivity contribution < 1.29 is 33.5 Å². The zero-order valence-corrected chi connectivity index (χ0v) is 23.5. The molecule has 0 spiro atoms. The van der Waals surface area contributed by atoms with Gasteiger partial charge in [0, 0.05) is 36.6 Å². The van der Waals surface area contributed by atoms with Crippen LogP contribution in [0.2, 0.25) is 0 Å². The molecule has 0 saturated heterocycles. The van der Waals surface area contributed by atoms with Gasteiger partial charge < -0.3 is 24.3 Å². The predicted octanol–water partition coefficient (Wildman–Crippen LogP) is 3.74. The molecule has 11 nitrogen and oxygen atoms in total. The first-order chi connectivity index (χ1) is 18.7. The van der Waals surface area contributed by atoms with Crippen LogP contribution in [0.3, 0.4) is 0 Å². The first-order valence-electron chi connectivity index (χ1n) is 12.4. The van der Waals surface area contributed by atoms with Crippen molar-refractivity contribution in [2.75, 3.05) is 40.5 Å². The molecule has 2 aromatic rings. The summed E-state index contributed by atoms with van der Waals surface area (Å²) < 4.78 is 22.4. The molecule has 1 N–H and O–H groups in total. The molecule has 0 bridgehead atoms. The largest absolute Gasteiger partial charge is 0.486 e. The number of esters is 2. The van der Waals surface area contributed by atoms with Crippen LogP contribution in [0.1, 0.15) is 25.3 Å². The van der Waals surface area contributed by atoms with Crippen LogP contribution in [0.5, 0.6) is 11.5 Å². The molecule has 2 aromatic carbocycles. The molecule has 0 aliphatic carbocycles. The highest BCUT2D eigenvalue weighted by Gasteiger charge is 2.38. The van der Waals surface area contributed by atoms with Crippen LogP contribution in [-0.4, -0.2) is 68.3 Å². The normalized spacial score (nSPS) is 18.0. The van der Waals surface area contributed by atoms with Crippen molar-refractivity contribution in [3.63, 3.8) is 0 Å². The van der Waals surface area contributed by atoms with Crippen molar-refractivity contribution in [1.82, 2.24) is 10.2 Å². The number of hydrogen-bond donors (Lipinski definition) is 1. The monoisotopic (exact) mass is 573 g/mol. The van der Waals surface area contributed by atoms with Gasteiger partial charge in [0.15, 0.2) is 11.5 Å². The zero-order valence-electron chi connectivity index (χ0n) is 22.7. The molecular formula is C28H32ClN3O8. The molecular weight excluding hydrogens is 542 g/mol. The number of nitro groups is 1. The van der Waals surface area contributed by atoms with Crippen LogP contribution in [0.4, 0.5) is 5.69 Å². The summed E-state index contributed by atoms with van der Waals surface area (Å²) in [4.78, 5) is 39.0. The fourth-order valence-corrected chi connectivity index (χ4v) is 4.76. The Morgan fingerprint density at radius 1 is 1.07 bits per heavy atom. The van der Waals surface area contributed by atoms with Gasteiger partial charge in [0.2, 0.25) is 0 Å².